The molecular formula is C20H17N5O. The van der Waals surface area contributed by atoms with Gasteiger partial charge in [0.2, 0.25) is 11.9 Å². The summed E-state index contributed by atoms with van der Waals surface area (Å²) in [6.45, 7) is 0.203. The molecule has 0 fully saturated rings. The van der Waals surface area contributed by atoms with E-state index in [-0.39, 0.29) is 12.6 Å². The van der Waals surface area contributed by atoms with Crippen molar-refractivity contribution in [1.82, 2.24) is 15.0 Å². The molecule has 0 bridgehead atoms. The highest BCUT2D eigenvalue weighted by Crippen LogP contribution is 2.21. The van der Waals surface area contributed by atoms with Crippen molar-refractivity contribution in [2.45, 2.75) is 6.61 Å². The molecule has 4 aromatic rings. The van der Waals surface area contributed by atoms with Crippen LogP contribution in [0.3, 0.4) is 0 Å². The number of anilines is 3. The SMILES string of the molecule is Nc1nc(COc2ccc3ccccc3c2)nc(Nc2ccccc2)n1. The van der Waals surface area contributed by atoms with E-state index in [1.54, 1.807) is 0 Å². The molecule has 0 amide bonds. The Morgan fingerprint density at radius 3 is 2.42 bits per heavy atom. The van der Waals surface area contributed by atoms with E-state index in [1.165, 1.54) is 5.39 Å². The molecular weight excluding hydrogens is 326 g/mol. The van der Waals surface area contributed by atoms with Gasteiger partial charge in [-0.2, -0.15) is 15.0 Å². The summed E-state index contributed by atoms with van der Waals surface area (Å²) in [5.74, 6) is 1.75. The lowest BCUT2D eigenvalue weighted by Crippen LogP contribution is -2.09. The third kappa shape index (κ3) is 3.70. The van der Waals surface area contributed by atoms with E-state index in [2.05, 4.69) is 26.3 Å². The van der Waals surface area contributed by atoms with E-state index in [4.69, 9.17) is 10.5 Å². The van der Waals surface area contributed by atoms with Gasteiger partial charge in [-0.1, -0.05) is 48.5 Å². The lowest BCUT2D eigenvalue weighted by atomic mass is 10.1. The van der Waals surface area contributed by atoms with Gasteiger partial charge < -0.3 is 15.8 Å². The van der Waals surface area contributed by atoms with Crippen molar-refractivity contribution >= 4 is 28.4 Å². The summed E-state index contributed by atoms with van der Waals surface area (Å²) in [6, 6.07) is 23.7. The van der Waals surface area contributed by atoms with Gasteiger partial charge in [0.15, 0.2) is 5.82 Å². The van der Waals surface area contributed by atoms with Crippen molar-refractivity contribution in [2.24, 2.45) is 0 Å². The molecule has 6 heteroatoms. The van der Waals surface area contributed by atoms with Crippen LogP contribution in [0.4, 0.5) is 17.6 Å². The molecule has 0 unspecified atom stereocenters. The van der Waals surface area contributed by atoms with E-state index in [0.717, 1.165) is 16.8 Å². The van der Waals surface area contributed by atoms with Gasteiger partial charge in [-0.25, -0.2) is 0 Å². The second-order valence-corrected chi connectivity index (χ2v) is 5.72. The van der Waals surface area contributed by atoms with Gasteiger partial charge in [-0.05, 0) is 35.0 Å². The highest BCUT2D eigenvalue weighted by molar-refractivity contribution is 5.83. The molecule has 26 heavy (non-hydrogen) atoms. The number of para-hydroxylation sites is 1. The van der Waals surface area contributed by atoms with Crippen molar-refractivity contribution in [2.75, 3.05) is 11.1 Å². The maximum atomic E-state index is 5.82. The molecule has 0 saturated carbocycles. The molecule has 0 saturated heterocycles. The Morgan fingerprint density at radius 2 is 1.58 bits per heavy atom. The molecule has 0 atom stereocenters. The maximum Gasteiger partial charge on any atom is 0.232 e. The summed E-state index contributed by atoms with van der Waals surface area (Å²) >= 11 is 0. The average Bonchev–Trinajstić information content (AvgIpc) is 2.67. The Labute approximate surface area is 150 Å². The number of aromatic nitrogens is 3. The Bertz CT molecular complexity index is 1040. The smallest absolute Gasteiger partial charge is 0.232 e. The van der Waals surface area contributed by atoms with E-state index < -0.39 is 0 Å². The molecule has 1 heterocycles. The number of nitrogens with zero attached hydrogens (tertiary/aromatic N) is 3. The number of fused-ring (bicyclic) bond motifs is 1. The fourth-order valence-electron chi connectivity index (χ4n) is 2.61. The quantitative estimate of drug-likeness (QED) is 0.571. The summed E-state index contributed by atoms with van der Waals surface area (Å²) in [5, 5.41) is 5.39. The Balaban J connectivity index is 1.50. The van der Waals surface area contributed by atoms with Crippen LogP contribution >= 0.6 is 0 Å². The number of hydrogen-bond donors (Lipinski definition) is 2. The van der Waals surface area contributed by atoms with Crippen molar-refractivity contribution in [3.05, 3.63) is 78.6 Å². The van der Waals surface area contributed by atoms with Gasteiger partial charge in [0.05, 0.1) is 0 Å². The minimum atomic E-state index is 0.149. The monoisotopic (exact) mass is 343 g/mol. The van der Waals surface area contributed by atoms with Gasteiger partial charge in [0.25, 0.3) is 0 Å². The number of hydrogen-bond acceptors (Lipinski definition) is 6. The summed E-state index contributed by atoms with van der Waals surface area (Å²) in [7, 11) is 0. The molecule has 3 aromatic carbocycles. The van der Waals surface area contributed by atoms with E-state index in [1.807, 2.05) is 66.7 Å². The standard InChI is InChI=1S/C20H17N5O/c21-19-23-18(24-20(25-19)22-16-8-2-1-3-9-16)13-26-17-11-10-14-6-4-5-7-15(14)12-17/h1-12H,13H2,(H3,21,22,23,24,25). The molecule has 1 aromatic heterocycles. The van der Waals surface area contributed by atoms with Crippen molar-refractivity contribution < 1.29 is 4.74 Å². The van der Waals surface area contributed by atoms with Crippen molar-refractivity contribution in [1.29, 1.82) is 0 Å². The highest BCUT2D eigenvalue weighted by atomic mass is 16.5. The van der Waals surface area contributed by atoms with Gasteiger partial charge >= 0.3 is 0 Å². The number of rotatable bonds is 5. The first kappa shape index (κ1) is 15.8. The number of nitrogens with two attached hydrogens (primary N) is 1. The van der Waals surface area contributed by atoms with Crippen LogP contribution in [-0.4, -0.2) is 15.0 Å². The van der Waals surface area contributed by atoms with Gasteiger partial charge in [0, 0.05) is 5.69 Å². The molecule has 0 aliphatic heterocycles. The minimum absolute atomic E-state index is 0.149. The Hall–Kier alpha value is -3.67. The first-order chi connectivity index (χ1) is 12.8. The summed E-state index contributed by atoms with van der Waals surface area (Å²) in [6.07, 6.45) is 0. The van der Waals surface area contributed by atoms with Crippen LogP contribution < -0.4 is 15.8 Å². The number of ether oxygens (including phenoxy) is 1. The average molecular weight is 343 g/mol. The molecule has 0 spiro atoms. The molecule has 0 aliphatic rings. The topological polar surface area (TPSA) is 86.0 Å². The molecule has 0 aliphatic carbocycles. The second kappa shape index (κ2) is 7.06. The third-order valence-electron chi connectivity index (χ3n) is 3.82. The molecule has 6 nitrogen and oxygen atoms in total. The van der Waals surface area contributed by atoms with Crippen molar-refractivity contribution in [3.8, 4) is 5.75 Å². The zero-order valence-electron chi connectivity index (χ0n) is 14.0. The van der Waals surface area contributed by atoms with Crippen LogP contribution in [0.25, 0.3) is 10.8 Å². The van der Waals surface area contributed by atoms with Crippen LogP contribution in [0.1, 0.15) is 5.82 Å². The van der Waals surface area contributed by atoms with E-state index >= 15 is 0 Å². The lowest BCUT2D eigenvalue weighted by molar-refractivity contribution is 0.296. The van der Waals surface area contributed by atoms with Crippen LogP contribution in [0.2, 0.25) is 0 Å². The summed E-state index contributed by atoms with van der Waals surface area (Å²) < 4.78 is 5.82. The summed E-state index contributed by atoms with van der Waals surface area (Å²) in [5.41, 5.74) is 6.67. The first-order valence-electron chi connectivity index (χ1n) is 8.20. The predicted octanol–water partition coefficient (Wildman–Crippen LogP) is 3.93. The Morgan fingerprint density at radius 1 is 0.808 bits per heavy atom. The first-order valence-corrected chi connectivity index (χ1v) is 8.20. The highest BCUT2D eigenvalue weighted by Gasteiger charge is 2.06. The maximum absolute atomic E-state index is 5.82. The summed E-state index contributed by atoms with van der Waals surface area (Å²) in [4.78, 5) is 12.6. The number of nitrogen functional groups attached to an aromatic ring is 1. The zero-order chi connectivity index (χ0) is 17.8. The fourth-order valence-corrected chi connectivity index (χ4v) is 2.61. The lowest BCUT2D eigenvalue weighted by Gasteiger charge is -2.09. The number of nitrogens with one attached hydrogen (secondary N) is 1. The second-order valence-electron chi connectivity index (χ2n) is 5.72. The molecule has 3 N–H and O–H groups in total. The molecule has 4 rings (SSSR count). The van der Waals surface area contributed by atoms with E-state index in [0.29, 0.717) is 11.8 Å². The van der Waals surface area contributed by atoms with Crippen LogP contribution in [0.15, 0.2) is 72.8 Å². The third-order valence-corrected chi connectivity index (χ3v) is 3.82. The van der Waals surface area contributed by atoms with Crippen molar-refractivity contribution in [3.63, 3.8) is 0 Å². The fraction of sp³-hybridized carbons (Fsp3) is 0.0500. The number of benzene rings is 3. The van der Waals surface area contributed by atoms with Gasteiger partial charge in [0.1, 0.15) is 12.4 Å². The van der Waals surface area contributed by atoms with Crippen LogP contribution in [0.5, 0.6) is 5.75 Å². The largest absolute Gasteiger partial charge is 0.486 e. The van der Waals surface area contributed by atoms with Gasteiger partial charge in [-0.3, -0.25) is 0 Å². The van der Waals surface area contributed by atoms with Crippen LogP contribution in [-0.2, 0) is 6.61 Å². The van der Waals surface area contributed by atoms with E-state index in [9.17, 15) is 0 Å². The molecule has 128 valence electrons. The van der Waals surface area contributed by atoms with Crippen LogP contribution in [0, 0.1) is 0 Å². The molecule has 0 radical (unpaired) electrons. The zero-order valence-corrected chi connectivity index (χ0v) is 14.0. The van der Waals surface area contributed by atoms with Gasteiger partial charge in [-0.15, -0.1) is 0 Å². The Kier molecular flexibility index (Phi) is 4.30. The predicted molar refractivity (Wildman–Crippen MR) is 102 cm³/mol. The minimum Gasteiger partial charge on any atom is -0.486 e. The normalized spacial score (nSPS) is 10.6.